The number of benzene rings is 2. The number of sulfone groups is 1. The van der Waals surface area contributed by atoms with Gasteiger partial charge in [0.25, 0.3) is 5.91 Å². The Kier molecular flexibility index (Phi) is 7.09. The maximum Gasteiger partial charge on any atom is 0.261 e. The summed E-state index contributed by atoms with van der Waals surface area (Å²) in [6.07, 6.45) is 0.457. The molecule has 1 aliphatic heterocycles. The van der Waals surface area contributed by atoms with Crippen molar-refractivity contribution in [3.05, 3.63) is 64.2 Å². The average Bonchev–Trinajstić information content (AvgIpc) is 3.06. The summed E-state index contributed by atoms with van der Waals surface area (Å²) in [6.45, 7) is 6.34. The molecule has 0 unspecified atom stereocenters. The van der Waals surface area contributed by atoms with Crippen molar-refractivity contribution in [3.8, 4) is 5.75 Å². The number of carbonyl (C=O) groups is 1. The van der Waals surface area contributed by atoms with Gasteiger partial charge in [0.15, 0.2) is 16.4 Å². The Morgan fingerprint density at radius 2 is 1.90 bits per heavy atom. The van der Waals surface area contributed by atoms with Crippen LogP contribution in [0.15, 0.2) is 42.5 Å². The Balaban J connectivity index is 1.74. The molecule has 1 heterocycles. The van der Waals surface area contributed by atoms with Crippen LogP contribution >= 0.6 is 11.6 Å². The molecule has 1 saturated heterocycles. The number of nitrogens with zero attached hydrogens (tertiary/aromatic N) is 1. The van der Waals surface area contributed by atoms with Gasteiger partial charge in [-0.15, -0.1) is 0 Å². The van der Waals surface area contributed by atoms with Crippen LogP contribution in [-0.2, 0) is 21.2 Å². The topological polar surface area (TPSA) is 63.7 Å². The Morgan fingerprint density at radius 1 is 1.20 bits per heavy atom. The zero-order chi connectivity index (χ0) is 21.9. The van der Waals surface area contributed by atoms with Crippen LogP contribution in [-0.4, -0.2) is 43.4 Å². The number of ether oxygens (including phenoxy) is 1. The molecule has 7 heteroatoms. The SMILES string of the molecule is Cc1cc(OCC(=O)N(Cc2ccc(C(C)C)cc2)[C@H]2CCS(=O)(=O)C2)ccc1Cl. The molecule has 162 valence electrons. The largest absolute Gasteiger partial charge is 0.484 e. The number of aryl methyl sites for hydroxylation is 1. The molecule has 1 amide bonds. The Labute approximate surface area is 183 Å². The molecular formula is C23H28ClNO4S. The van der Waals surface area contributed by atoms with Gasteiger partial charge in [-0.1, -0.05) is 49.7 Å². The van der Waals surface area contributed by atoms with Crippen molar-refractivity contribution in [1.29, 1.82) is 0 Å². The molecule has 2 aromatic carbocycles. The van der Waals surface area contributed by atoms with Gasteiger partial charge in [0.05, 0.1) is 11.5 Å². The van der Waals surface area contributed by atoms with Crippen LogP contribution < -0.4 is 4.74 Å². The average molecular weight is 450 g/mol. The minimum Gasteiger partial charge on any atom is -0.484 e. The molecule has 0 aromatic heterocycles. The van der Waals surface area contributed by atoms with Crippen molar-refractivity contribution < 1.29 is 17.9 Å². The standard InChI is InChI=1S/C23H28ClNO4S/c1-16(2)19-6-4-18(5-7-19)13-25(20-10-11-30(27,28)15-20)23(26)14-29-21-8-9-22(24)17(3)12-21/h4-9,12,16,20H,10-11,13-15H2,1-3H3/t20-/m0/s1. The lowest BCUT2D eigenvalue weighted by Gasteiger charge is -2.28. The van der Waals surface area contributed by atoms with Crippen molar-refractivity contribution in [3.63, 3.8) is 0 Å². The molecule has 1 atom stereocenters. The summed E-state index contributed by atoms with van der Waals surface area (Å²) in [5.41, 5.74) is 3.06. The lowest BCUT2D eigenvalue weighted by molar-refractivity contribution is -0.136. The molecular weight excluding hydrogens is 422 g/mol. The Bertz CT molecular complexity index is 1000. The fraction of sp³-hybridized carbons (Fsp3) is 0.435. The number of amides is 1. The second-order valence-corrected chi connectivity index (χ2v) is 10.8. The minimum absolute atomic E-state index is 0.00285. The molecule has 0 radical (unpaired) electrons. The van der Waals surface area contributed by atoms with Crippen molar-refractivity contribution in [1.82, 2.24) is 4.90 Å². The molecule has 1 fully saturated rings. The van der Waals surface area contributed by atoms with Crippen LogP contribution in [0.5, 0.6) is 5.75 Å². The second kappa shape index (κ2) is 9.40. The first-order valence-corrected chi connectivity index (χ1v) is 12.3. The maximum absolute atomic E-state index is 13.0. The van der Waals surface area contributed by atoms with Crippen LogP contribution in [0, 0.1) is 6.92 Å². The molecule has 0 N–H and O–H groups in total. The van der Waals surface area contributed by atoms with Crippen molar-refractivity contribution in [2.24, 2.45) is 0 Å². The predicted molar refractivity (Wildman–Crippen MR) is 120 cm³/mol. The molecule has 2 aromatic rings. The van der Waals surface area contributed by atoms with Gasteiger partial charge in [-0.25, -0.2) is 8.42 Å². The van der Waals surface area contributed by atoms with Crippen LogP contribution in [0.1, 0.15) is 42.9 Å². The molecule has 0 saturated carbocycles. The van der Waals surface area contributed by atoms with Crippen molar-refractivity contribution in [2.45, 2.75) is 45.7 Å². The number of hydrogen-bond acceptors (Lipinski definition) is 4. The molecule has 30 heavy (non-hydrogen) atoms. The lowest BCUT2D eigenvalue weighted by Crippen LogP contribution is -2.43. The first-order valence-electron chi connectivity index (χ1n) is 10.1. The third-order valence-electron chi connectivity index (χ3n) is 5.46. The van der Waals surface area contributed by atoms with Crippen LogP contribution in [0.4, 0.5) is 0 Å². The Morgan fingerprint density at radius 3 is 2.47 bits per heavy atom. The zero-order valence-electron chi connectivity index (χ0n) is 17.6. The van der Waals surface area contributed by atoms with Crippen LogP contribution in [0.25, 0.3) is 0 Å². The number of halogens is 1. The molecule has 5 nitrogen and oxygen atoms in total. The van der Waals surface area contributed by atoms with Gasteiger partial charge in [-0.05, 0) is 54.2 Å². The fourth-order valence-electron chi connectivity index (χ4n) is 3.58. The van der Waals surface area contributed by atoms with Crippen molar-refractivity contribution in [2.75, 3.05) is 18.1 Å². The highest BCUT2D eigenvalue weighted by molar-refractivity contribution is 7.91. The fourth-order valence-corrected chi connectivity index (χ4v) is 5.43. The van der Waals surface area contributed by atoms with Gasteiger partial charge >= 0.3 is 0 Å². The quantitative estimate of drug-likeness (QED) is 0.629. The van der Waals surface area contributed by atoms with Gasteiger partial charge < -0.3 is 9.64 Å². The lowest BCUT2D eigenvalue weighted by atomic mass is 10.0. The van der Waals surface area contributed by atoms with E-state index in [1.807, 2.05) is 19.1 Å². The monoisotopic (exact) mass is 449 g/mol. The van der Waals surface area contributed by atoms with E-state index in [9.17, 15) is 13.2 Å². The van der Waals surface area contributed by atoms with E-state index in [0.29, 0.717) is 29.7 Å². The van der Waals surface area contributed by atoms with E-state index in [0.717, 1.165) is 11.1 Å². The summed E-state index contributed by atoms with van der Waals surface area (Å²) in [7, 11) is -3.11. The van der Waals surface area contributed by atoms with E-state index < -0.39 is 9.84 Å². The molecule has 0 spiro atoms. The van der Waals surface area contributed by atoms with E-state index in [1.165, 1.54) is 5.56 Å². The van der Waals surface area contributed by atoms with Gasteiger partial charge in [-0.3, -0.25) is 4.79 Å². The highest BCUT2D eigenvalue weighted by atomic mass is 35.5. The van der Waals surface area contributed by atoms with Gasteiger partial charge in [-0.2, -0.15) is 0 Å². The predicted octanol–water partition coefficient (Wildman–Crippen LogP) is 4.37. The van der Waals surface area contributed by atoms with E-state index in [-0.39, 0.29) is 30.1 Å². The minimum atomic E-state index is -3.11. The molecule has 0 aliphatic carbocycles. The van der Waals surface area contributed by atoms with Gasteiger partial charge in [0.2, 0.25) is 0 Å². The van der Waals surface area contributed by atoms with Gasteiger partial charge in [0, 0.05) is 17.6 Å². The highest BCUT2D eigenvalue weighted by Gasteiger charge is 2.34. The number of rotatable bonds is 7. The summed E-state index contributed by atoms with van der Waals surface area (Å²) in [4.78, 5) is 14.7. The Hall–Kier alpha value is -2.05. The maximum atomic E-state index is 13.0. The zero-order valence-corrected chi connectivity index (χ0v) is 19.2. The highest BCUT2D eigenvalue weighted by Crippen LogP contribution is 2.24. The van der Waals surface area contributed by atoms with Crippen molar-refractivity contribution >= 4 is 27.3 Å². The third-order valence-corrected chi connectivity index (χ3v) is 7.63. The van der Waals surface area contributed by atoms with Gasteiger partial charge in [0.1, 0.15) is 5.75 Å². The smallest absolute Gasteiger partial charge is 0.261 e. The van der Waals surface area contributed by atoms with E-state index in [1.54, 1.807) is 23.1 Å². The molecule has 3 rings (SSSR count). The van der Waals surface area contributed by atoms with Crippen LogP contribution in [0.3, 0.4) is 0 Å². The summed E-state index contributed by atoms with van der Waals surface area (Å²) in [5, 5.41) is 0.635. The van der Waals surface area contributed by atoms with Crippen LogP contribution in [0.2, 0.25) is 5.02 Å². The summed E-state index contributed by atoms with van der Waals surface area (Å²) in [6, 6.07) is 13.0. The summed E-state index contributed by atoms with van der Waals surface area (Å²) < 4.78 is 29.7. The summed E-state index contributed by atoms with van der Waals surface area (Å²) in [5.74, 6) is 0.879. The van der Waals surface area contributed by atoms with E-state index in [4.69, 9.17) is 16.3 Å². The number of hydrogen-bond donors (Lipinski definition) is 0. The van der Waals surface area contributed by atoms with E-state index >= 15 is 0 Å². The van der Waals surface area contributed by atoms with E-state index in [2.05, 4.69) is 26.0 Å². The second-order valence-electron chi connectivity index (χ2n) is 8.17. The molecule has 0 bridgehead atoms. The first kappa shape index (κ1) is 22.6. The molecule has 1 aliphatic rings. The third kappa shape index (κ3) is 5.76. The normalized spacial score (nSPS) is 17.8. The summed E-state index contributed by atoms with van der Waals surface area (Å²) >= 11 is 6.04. The first-order chi connectivity index (χ1) is 14.1. The number of carbonyl (C=O) groups excluding carboxylic acids is 1.